The zero-order valence-electron chi connectivity index (χ0n) is 7.55. The highest BCUT2D eigenvalue weighted by atomic mass is 32.1. The molecule has 2 aromatic rings. The van der Waals surface area contributed by atoms with Gasteiger partial charge in [0.05, 0.1) is 0 Å². The van der Waals surface area contributed by atoms with Gasteiger partial charge in [0.15, 0.2) is 0 Å². The molecular weight excluding hydrogens is 196 g/mol. The number of nitrogens with zero attached hydrogens (tertiary/aromatic N) is 1. The maximum absolute atomic E-state index is 4.76. The lowest BCUT2D eigenvalue weighted by molar-refractivity contribution is 0.824. The van der Waals surface area contributed by atoms with Gasteiger partial charge >= 0.3 is 0 Å². The van der Waals surface area contributed by atoms with Gasteiger partial charge in [-0.3, -0.25) is 4.98 Å². The van der Waals surface area contributed by atoms with Crippen molar-refractivity contribution in [1.82, 2.24) is 9.97 Å². The Labute approximate surface area is 87.8 Å². The fourth-order valence-corrected chi connectivity index (χ4v) is 0.836. The summed E-state index contributed by atoms with van der Waals surface area (Å²) in [6, 6.07) is 11.4. The van der Waals surface area contributed by atoms with Gasteiger partial charge in [0.1, 0.15) is 4.64 Å². The summed E-state index contributed by atoms with van der Waals surface area (Å²) in [6.07, 6.45) is 5.31. The van der Waals surface area contributed by atoms with E-state index in [1.807, 2.05) is 42.6 Å². The van der Waals surface area contributed by atoms with E-state index in [1.165, 1.54) is 0 Å². The van der Waals surface area contributed by atoms with Crippen LogP contribution in [0, 0.1) is 4.64 Å². The van der Waals surface area contributed by atoms with Crippen LogP contribution in [0.1, 0.15) is 0 Å². The zero-order chi connectivity index (χ0) is 9.36. The molecule has 2 rings (SSSR count). The number of hydrogen-bond donors (Lipinski definition) is 1. The largest absolute Gasteiger partial charge is 0.412 e. The topological polar surface area (TPSA) is 60.2 Å². The Morgan fingerprint density at radius 2 is 1.71 bits per heavy atom. The SMILES string of the molecule is O.S=c1cccc[nH]1.c1ccncc1. The van der Waals surface area contributed by atoms with Crippen molar-refractivity contribution < 1.29 is 5.48 Å². The summed E-state index contributed by atoms with van der Waals surface area (Å²) in [5.74, 6) is 0. The van der Waals surface area contributed by atoms with Gasteiger partial charge in [-0.15, -0.1) is 0 Å². The van der Waals surface area contributed by atoms with Gasteiger partial charge in [0.2, 0.25) is 0 Å². The van der Waals surface area contributed by atoms with Crippen LogP contribution >= 0.6 is 12.2 Å². The minimum absolute atomic E-state index is 0. The van der Waals surface area contributed by atoms with Gasteiger partial charge in [0.25, 0.3) is 0 Å². The standard InChI is InChI=1S/C5H5NS.C5H5N.H2O/c7-5-3-1-2-4-6-5;1-2-4-6-5-3-1;/h1-4H,(H,6,7);1-5H;1H2. The highest BCUT2D eigenvalue weighted by Crippen LogP contribution is 1.80. The van der Waals surface area contributed by atoms with Crippen LogP contribution in [0.4, 0.5) is 0 Å². The molecule has 3 N–H and O–H groups in total. The third-order valence-electron chi connectivity index (χ3n) is 1.25. The smallest absolute Gasteiger partial charge is 0.103 e. The van der Waals surface area contributed by atoms with E-state index in [1.54, 1.807) is 12.4 Å². The van der Waals surface area contributed by atoms with Crippen molar-refractivity contribution in [2.45, 2.75) is 0 Å². The summed E-state index contributed by atoms with van der Waals surface area (Å²) >= 11 is 4.76. The normalized spacial score (nSPS) is 7.71. The molecule has 0 unspecified atom stereocenters. The van der Waals surface area contributed by atoms with E-state index >= 15 is 0 Å². The second-order valence-electron chi connectivity index (χ2n) is 2.25. The van der Waals surface area contributed by atoms with Crippen LogP contribution in [-0.2, 0) is 0 Å². The summed E-state index contributed by atoms with van der Waals surface area (Å²) in [4.78, 5) is 6.63. The summed E-state index contributed by atoms with van der Waals surface area (Å²) in [7, 11) is 0. The minimum Gasteiger partial charge on any atom is -0.412 e. The van der Waals surface area contributed by atoms with Crippen LogP contribution < -0.4 is 0 Å². The number of H-pyrrole nitrogens is 1. The highest BCUT2D eigenvalue weighted by molar-refractivity contribution is 7.71. The first-order chi connectivity index (χ1) is 6.39. The van der Waals surface area contributed by atoms with E-state index in [0.29, 0.717) is 0 Å². The number of nitrogens with one attached hydrogen (secondary N) is 1. The lowest BCUT2D eigenvalue weighted by Gasteiger charge is -1.76. The van der Waals surface area contributed by atoms with Crippen LogP contribution in [0.5, 0.6) is 0 Å². The Morgan fingerprint density at radius 3 is 1.93 bits per heavy atom. The summed E-state index contributed by atoms with van der Waals surface area (Å²) in [5.41, 5.74) is 0. The molecule has 0 bridgehead atoms. The maximum Gasteiger partial charge on any atom is 0.103 e. The van der Waals surface area contributed by atoms with Gasteiger partial charge in [0, 0.05) is 18.6 Å². The fourth-order valence-electron chi connectivity index (χ4n) is 0.689. The van der Waals surface area contributed by atoms with E-state index < -0.39 is 0 Å². The Hall–Kier alpha value is -1.52. The molecule has 2 heterocycles. The molecule has 0 amide bonds. The molecule has 4 heteroatoms. The number of rotatable bonds is 0. The Bertz CT molecular complexity index is 331. The van der Waals surface area contributed by atoms with E-state index in [0.717, 1.165) is 4.64 Å². The molecule has 0 aromatic carbocycles. The maximum atomic E-state index is 4.76. The number of aromatic amines is 1. The first kappa shape index (κ1) is 12.5. The van der Waals surface area contributed by atoms with Gasteiger partial charge in [-0.2, -0.15) is 0 Å². The van der Waals surface area contributed by atoms with E-state index in [9.17, 15) is 0 Å². The molecule has 0 saturated heterocycles. The summed E-state index contributed by atoms with van der Waals surface area (Å²) in [5, 5.41) is 0. The van der Waals surface area contributed by atoms with E-state index in [4.69, 9.17) is 12.2 Å². The van der Waals surface area contributed by atoms with Crippen molar-refractivity contribution in [3.63, 3.8) is 0 Å². The average molecular weight is 208 g/mol. The van der Waals surface area contributed by atoms with Gasteiger partial charge in [-0.25, -0.2) is 0 Å². The molecular formula is C10H12N2OS. The quantitative estimate of drug-likeness (QED) is 0.673. The lowest BCUT2D eigenvalue weighted by atomic mass is 10.5. The monoisotopic (exact) mass is 208 g/mol. The van der Waals surface area contributed by atoms with Crippen LogP contribution in [0.3, 0.4) is 0 Å². The summed E-state index contributed by atoms with van der Waals surface area (Å²) in [6.45, 7) is 0. The molecule has 74 valence electrons. The van der Waals surface area contributed by atoms with Crippen LogP contribution in [0.25, 0.3) is 0 Å². The zero-order valence-corrected chi connectivity index (χ0v) is 8.37. The predicted molar refractivity (Wildman–Crippen MR) is 59.5 cm³/mol. The molecule has 0 aliphatic heterocycles. The Kier molecular flexibility index (Phi) is 7.22. The third-order valence-corrected chi connectivity index (χ3v) is 1.50. The van der Waals surface area contributed by atoms with E-state index in [-0.39, 0.29) is 5.48 Å². The summed E-state index contributed by atoms with van der Waals surface area (Å²) < 4.78 is 0.780. The second kappa shape index (κ2) is 8.10. The molecule has 14 heavy (non-hydrogen) atoms. The highest BCUT2D eigenvalue weighted by Gasteiger charge is 1.65. The second-order valence-corrected chi connectivity index (χ2v) is 2.69. The molecule has 2 aromatic heterocycles. The third kappa shape index (κ3) is 6.05. The van der Waals surface area contributed by atoms with Gasteiger partial charge in [-0.1, -0.05) is 24.4 Å². The fraction of sp³-hybridized carbons (Fsp3) is 0. The van der Waals surface area contributed by atoms with Crippen molar-refractivity contribution in [3.05, 3.63) is 59.6 Å². The molecule has 0 aliphatic rings. The van der Waals surface area contributed by atoms with Crippen molar-refractivity contribution >= 4 is 12.2 Å². The van der Waals surface area contributed by atoms with Crippen molar-refractivity contribution in [3.8, 4) is 0 Å². The number of hydrogen-bond acceptors (Lipinski definition) is 2. The van der Waals surface area contributed by atoms with Crippen molar-refractivity contribution in [1.29, 1.82) is 0 Å². The molecule has 0 saturated carbocycles. The first-order valence-corrected chi connectivity index (χ1v) is 4.29. The van der Waals surface area contributed by atoms with Crippen LogP contribution in [0.2, 0.25) is 0 Å². The first-order valence-electron chi connectivity index (χ1n) is 3.88. The van der Waals surface area contributed by atoms with Gasteiger partial charge < -0.3 is 10.5 Å². The Morgan fingerprint density at radius 1 is 1.00 bits per heavy atom. The molecule has 0 aliphatic carbocycles. The van der Waals surface area contributed by atoms with E-state index in [2.05, 4.69) is 9.97 Å². The number of aromatic nitrogens is 2. The van der Waals surface area contributed by atoms with Crippen molar-refractivity contribution in [2.75, 3.05) is 0 Å². The van der Waals surface area contributed by atoms with Crippen LogP contribution in [-0.4, -0.2) is 15.4 Å². The van der Waals surface area contributed by atoms with Crippen molar-refractivity contribution in [2.24, 2.45) is 0 Å². The van der Waals surface area contributed by atoms with Gasteiger partial charge in [-0.05, 0) is 24.3 Å². The molecule has 0 atom stereocenters. The molecule has 0 radical (unpaired) electrons. The average Bonchev–Trinajstić information content (AvgIpc) is 2.22. The molecule has 3 nitrogen and oxygen atoms in total. The lowest BCUT2D eigenvalue weighted by Crippen LogP contribution is -1.64. The van der Waals surface area contributed by atoms with Crippen LogP contribution in [0.15, 0.2) is 55.0 Å². The minimum atomic E-state index is 0. The molecule has 0 spiro atoms. The molecule has 0 fully saturated rings. The predicted octanol–water partition coefficient (Wildman–Crippen LogP) is 2.00. The number of pyridine rings is 2. The Balaban J connectivity index is 0.000000227.